The highest BCUT2D eigenvalue weighted by Gasteiger charge is 2.22. The number of aryl methyl sites for hydroxylation is 1. The van der Waals surface area contributed by atoms with Crippen LogP contribution in [0.1, 0.15) is 54.3 Å². The van der Waals surface area contributed by atoms with Gasteiger partial charge in [0.05, 0.1) is 19.9 Å². The number of pyridine rings is 1. The number of rotatable bonds is 2. The zero-order valence-electron chi connectivity index (χ0n) is 24.2. The first kappa shape index (κ1) is 10.0. The summed E-state index contributed by atoms with van der Waals surface area (Å²) >= 11 is 1.41. The van der Waals surface area contributed by atoms with Gasteiger partial charge in [-0.25, -0.2) is 0 Å². The topological polar surface area (TPSA) is 27.7 Å². The van der Waals surface area contributed by atoms with E-state index in [1.165, 1.54) is 11.3 Å². The van der Waals surface area contributed by atoms with Gasteiger partial charge in [-0.3, -0.25) is 0 Å². The van der Waals surface area contributed by atoms with Crippen LogP contribution < -0.4 is 4.57 Å². The number of fused-ring (bicyclic) bond motifs is 3. The van der Waals surface area contributed by atoms with Crippen LogP contribution in [-0.2, 0) is 7.05 Å². The Morgan fingerprint density at radius 1 is 1.19 bits per heavy atom. The molecule has 0 radical (unpaired) electrons. The molecule has 4 aromatic rings. The molecular weight excluding hydrogens is 348 g/mol. The molecule has 3 heteroatoms. The second-order valence-corrected chi connectivity index (χ2v) is 7.60. The average molecular weight is 381 g/mol. The summed E-state index contributed by atoms with van der Waals surface area (Å²) in [6.45, 7) is -3.25. The molecule has 0 amide bonds. The third kappa shape index (κ3) is 2.81. The standard InChI is InChI=1S/C24H23N2S/c1-14(2)18-10-16(4)26(5)21(12-18)23-15(3)6-8-20-19-9-7-17(13-25)11-22(19)27-24(20)23/h6-12,14H,1-5H3/q+1/i1D3,2D3,10D,12D,14D. The average Bonchev–Trinajstić information content (AvgIpc) is 3.15. The van der Waals surface area contributed by atoms with Gasteiger partial charge in [-0.15, -0.1) is 11.3 Å². The number of aromatic nitrogens is 1. The summed E-state index contributed by atoms with van der Waals surface area (Å²) < 4.78 is 77.3. The lowest BCUT2D eigenvalue weighted by molar-refractivity contribution is -0.666. The van der Waals surface area contributed by atoms with E-state index in [0.717, 1.165) is 25.7 Å². The molecule has 0 bridgehead atoms. The minimum Gasteiger partial charge on any atom is -0.199 e. The van der Waals surface area contributed by atoms with Gasteiger partial charge in [0.15, 0.2) is 5.69 Å². The van der Waals surface area contributed by atoms with Gasteiger partial charge in [0.25, 0.3) is 0 Å². The van der Waals surface area contributed by atoms with Crippen LogP contribution in [0.15, 0.2) is 42.4 Å². The van der Waals surface area contributed by atoms with Crippen LogP contribution in [0.2, 0.25) is 0 Å². The Morgan fingerprint density at radius 3 is 2.70 bits per heavy atom. The van der Waals surface area contributed by atoms with Crippen molar-refractivity contribution in [1.82, 2.24) is 0 Å². The fraction of sp³-hybridized carbons (Fsp3) is 0.250. The smallest absolute Gasteiger partial charge is 0.199 e. The van der Waals surface area contributed by atoms with E-state index in [4.69, 9.17) is 12.3 Å². The number of nitriles is 1. The lowest BCUT2D eigenvalue weighted by Gasteiger charge is -2.12. The SMILES string of the molecule is [2H]c1c(C([2H])(C([2H])([2H])[2H])C([2H])([2H])[2H])c([2H])c(-c2c(C)ccc3c2sc2cc(C#N)ccc23)[n+](C)c1C. The zero-order chi connectivity index (χ0) is 27.0. The quantitative estimate of drug-likeness (QED) is 0.383. The summed E-state index contributed by atoms with van der Waals surface area (Å²) in [6.07, 6.45) is 0. The molecular formula is C24H23N2S+. The summed E-state index contributed by atoms with van der Waals surface area (Å²) in [4.78, 5) is 0. The summed E-state index contributed by atoms with van der Waals surface area (Å²) in [7, 11) is 1.64. The molecule has 2 nitrogen and oxygen atoms in total. The highest BCUT2D eigenvalue weighted by Crippen LogP contribution is 2.41. The Bertz CT molecular complexity index is 1580. The predicted molar refractivity (Wildman–Crippen MR) is 114 cm³/mol. The van der Waals surface area contributed by atoms with E-state index in [-0.39, 0.29) is 11.4 Å². The molecule has 2 aromatic heterocycles. The number of benzene rings is 2. The van der Waals surface area contributed by atoms with E-state index < -0.39 is 37.2 Å². The van der Waals surface area contributed by atoms with Gasteiger partial charge in [0.1, 0.15) is 7.05 Å². The summed E-state index contributed by atoms with van der Waals surface area (Å²) in [5.74, 6) is -3.18. The van der Waals surface area contributed by atoms with E-state index >= 15 is 0 Å². The van der Waals surface area contributed by atoms with Crippen LogP contribution in [0.3, 0.4) is 0 Å². The lowest BCUT2D eigenvalue weighted by Crippen LogP contribution is -2.35. The van der Waals surface area contributed by atoms with Crippen LogP contribution in [0, 0.1) is 25.2 Å². The second-order valence-electron chi connectivity index (χ2n) is 6.55. The Morgan fingerprint density at radius 2 is 1.96 bits per heavy atom. The molecule has 0 saturated carbocycles. The van der Waals surface area contributed by atoms with Crippen LogP contribution in [0.4, 0.5) is 0 Å². The summed E-state index contributed by atoms with van der Waals surface area (Å²) in [6, 6.07) is 10.4. The fourth-order valence-electron chi connectivity index (χ4n) is 3.32. The normalized spacial score (nSPS) is 17.6. The van der Waals surface area contributed by atoms with Crippen molar-refractivity contribution >= 4 is 31.5 Å². The van der Waals surface area contributed by atoms with Crippen molar-refractivity contribution in [3.05, 3.63) is 64.8 Å². The van der Waals surface area contributed by atoms with Crippen LogP contribution in [-0.4, -0.2) is 0 Å². The maximum Gasteiger partial charge on any atom is 0.214 e. The molecule has 2 aromatic carbocycles. The Kier molecular flexibility index (Phi) is 2.40. The molecule has 27 heavy (non-hydrogen) atoms. The summed E-state index contributed by atoms with van der Waals surface area (Å²) in [5.41, 5.74) is 1.70. The number of hydrogen-bond acceptors (Lipinski definition) is 2. The first-order valence-electron chi connectivity index (χ1n) is 12.9. The predicted octanol–water partition coefficient (Wildman–Crippen LogP) is 6.16. The molecule has 4 rings (SSSR count). The highest BCUT2D eigenvalue weighted by molar-refractivity contribution is 7.26. The molecule has 0 saturated heterocycles. The number of thiophene rings is 1. The highest BCUT2D eigenvalue weighted by atomic mass is 32.1. The van der Waals surface area contributed by atoms with Gasteiger partial charge in [0, 0.05) is 48.8 Å². The first-order valence-corrected chi connectivity index (χ1v) is 9.24. The third-order valence-electron chi connectivity index (χ3n) is 4.85. The van der Waals surface area contributed by atoms with E-state index in [2.05, 4.69) is 6.07 Å². The lowest BCUT2D eigenvalue weighted by atomic mass is 9.96. The molecule has 0 spiro atoms. The fourth-order valence-corrected chi connectivity index (χ4v) is 4.66. The van der Waals surface area contributed by atoms with Crippen molar-refractivity contribution in [1.29, 1.82) is 5.26 Å². The third-order valence-corrected chi connectivity index (χ3v) is 6.04. The Hall–Kier alpha value is -2.70. The van der Waals surface area contributed by atoms with Gasteiger partial charge in [-0.1, -0.05) is 31.9 Å². The van der Waals surface area contributed by atoms with E-state index in [1.807, 2.05) is 25.1 Å². The monoisotopic (exact) mass is 380 g/mol. The van der Waals surface area contributed by atoms with E-state index in [9.17, 15) is 5.26 Å². The van der Waals surface area contributed by atoms with Crippen molar-refractivity contribution < 1.29 is 16.9 Å². The van der Waals surface area contributed by atoms with Crippen molar-refractivity contribution in [3.8, 4) is 17.3 Å². The molecule has 0 aliphatic rings. The maximum absolute atomic E-state index is 9.32. The van der Waals surface area contributed by atoms with Crippen molar-refractivity contribution in [3.63, 3.8) is 0 Å². The van der Waals surface area contributed by atoms with Gasteiger partial charge >= 0.3 is 0 Å². The molecule has 0 atom stereocenters. The van der Waals surface area contributed by atoms with E-state index in [1.54, 1.807) is 30.7 Å². The second kappa shape index (κ2) is 6.48. The molecule has 0 fully saturated rings. The van der Waals surface area contributed by atoms with Gasteiger partial charge < -0.3 is 0 Å². The van der Waals surface area contributed by atoms with E-state index in [0.29, 0.717) is 11.1 Å². The minimum atomic E-state index is -3.32. The molecule has 134 valence electrons. The number of nitrogens with zero attached hydrogens (tertiary/aromatic N) is 2. The van der Waals surface area contributed by atoms with Crippen molar-refractivity contribution in [2.75, 3.05) is 0 Å². The van der Waals surface area contributed by atoms with Crippen LogP contribution in [0.5, 0.6) is 0 Å². The molecule has 0 aliphatic heterocycles. The molecule has 0 aliphatic carbocycles. The zero-order valence-corrected chi connectivity index (χ0v) is 16.0. The molecule has 2 heterocycles. The Labute approximate surface area is 177 Å². The maximum atomic E-state index is 9.32. The van der Waals surface area contributed by atoms with Crippen molar-refractivity contribution in [2.45, 2.75) is 33.4 Å². The first-order chi connectivity index (χ1) is 16.6. The molecule has 0 N–H and O–H groups in total. The van der Waals surface area contributed by atoms with Crippen LogP contribution in [0.25, 0.3) is 31.4 Å². The van der Waals surface area contributed by atoms with Gasteiger partial charge in [0.2, 0.25) is 5.69 Å². The van der Waals surface area contributed by atoms with Crippen LogP contribution >= 0.6 is 11.3 Å². The number of hydrogen-bond donors (Lipinski definition) is 0. The minimum absolute atomic E-state index is 0.235. The largest absolute Gasteiger partial charge is 0.214 e. The summed E-state index contributed by atoms with van der Waals surface area (Å²) in [5, 5.41) is 11.1. The van der Waals surface area contributed by atoms with Gasteiger partial charge in [-0.05, 0) is 36.1 Å². The van der Waals surface area contributed by atoms with Crippen molar-refractivity contribution in [2.24, 2.45) is 7.05 Å². The molecule has 0 unspecified atom stereocenters. The Balaban J connectivity index is 2.21. The van der Waals surface area contributed by atoms with Gasteiger partial charge in [-0.2, -0.15) is 9.83 Å².